The molecule has 0 N–H and O–H groups in total. The summed E-state index contributed by atoms with van der Waals surface area (Å²) in [6.07, 6.45) is 2.04. The van der Waals surface area contributed by atoms with Gasteiger partial charge in [-0.2, -0.15) is 0 Å². The molecule has 106 valence electrons. The second-order valence-corrected chi connectivity index (χ2v) is 4.91. The first-order chi connectivity index (χ1) is 9.50. The highest BCUT2D eigenvalue weighted by Crippen LogP contribution is 2.19. The van der Waals surface area contributed by atoms with Crippen LogP contribution in [0.2, 0.25) is 0 Å². The Hall–Kier alpha value is -2.17. The molecule has 2 heterocycles. The Morgan fingerprint density at radius 3 is 2.70 bits per heavy atom. The summed E-state index contributed by atoms with van der Waals surface area (Å²) >= 11 is 0. The molecule has 5 nitrogen and oxygen atoms in total. The smallest absolute Gasteiger partial charge is 0.227 e. The van der Waals surface area contributed by atoms with Gasteiger partial charge >= 0.3 is 0 Å². The molecule has 0 fully saturated rings. The van der Waals surface area contributed by atoms with Gasteiger partial charge in [0.25, 0.3) is 0 Å². The van der Waals surface area contributed by atoms with Crippen molar-refractivity contribution in [2.45, 2.75) is 33.2 Å². The first kappa shape index (κ1) is 14.2. The maximum atomic E-state index is 12.4. The number of hydrogen-bond donors (Lipinski definition) is 0. The minimum absolute atomic E-state index is 0.0255. The molecule has 2 aromatic rings. The van der Waals surface area contributed by atoms with Crippen LogP contribution in [-0.2, 0) is 11.2 Å². The molecule has 0 saturated carbocycles. The molecular weight excluding hydrogens is 254 g/mol. The summed E-state index contributed by atoms with van der Waals surface area (Å²) in [5.74, 6) is 0.729. The van der Waals surface area contributed by atoms with Crippen LogP contribution in [0.3, 0.4) is 0 Å². The quantitative estimate of drug-likeness (QED) is 0.858. The molecule has 0 aromatic carbocycles. The van der Waals surface area contributed by atoms with Gasteiger partial charge in [0.15, 0.2) is 0 Å². The highest BCUT2D eigenvalue weighted by Gasteiger charge is 2.21. The number of carbonyl (C=O) groups excluding carboxylic acids is 1. The van der Waals surface area contributed by atoms with Gasteiger partial charge in [-0.05, 0) is 32.9 Å². The lowest BCUT2D eigenvalue weighted by molar-refractivity contribution is -0.131. The zero-order chi connectivity index (χ0) is 14.7. The molecule has 0 bridgehead atoms. The van der Waals surface area contributed by atoms with Crippen LogP contribution in [0.5, 0.6) is 0 Å². The molecule has 2 rings (SSSR count). The Kier molecular flexibility index (Phi) is 4.17. The average Bonchev–Trinajstić information content (AvgIpc) is 2.78. The SMILES string of the molecule is Cc1noc(C)c1CC(=O)N(C)[C@H](C)c1ccccn1. The fourth-order valence-corrected chi connectivity index (χ4v) is 2.07. The minimum Gasteiger partial charge on any atom is -0.361 e. The summed E-state index contributed by atoms with van der Waals surface area (Å²) in [6.45, 7) is 5.64. The van der Waals surface area contributed by atoms with E-state index in [-0.39, 0.29) is 11.9 Å². The van der Waals surface area contributed by atoms with Crippen molar-refractivity contribution in [3.05, 3.63) is 47.1 Å². The summed E-state index contributed by atoms with van der Waals surface area (Å²) in [5.41, 5.74) is 2.52. The van der Waals surface area contributed by atoms with E-state index in [9.17, 15) is 4.79 Å². The van der Waals surface area contributed by atoms with Crippen molar-refractivity contribution in [3.63, 3.8) is 0 Å². The van der Waals surface area contributed by atoms with E-state index in [4.69, 9.17) is 4.52 Å². The Labute approximate surface area is 118 Å². The predicted molar refractivity (Wildman–Crippen MR) is 75.1 cm³/mol. The van der Waals surface area contributed by atoms with E-state index in [1.54, 1.807) is 18.1 Å². The minimum atomic E-state index is -0.0656. The van der Waals surface area contributed by atoms with Gasteiger partial charge in [0.1, 0.15) is 5.76 Å². The maximum absolute atomic E-state index is 12.4. The number of pyridine rings is 1. The number of rotatable bonds is 4. The Morgan fingerprint density at radius 1 is 1.40 bits per heavy atom. The third-order valence-electron chi connectivity index (χ3n) is 3.60. The largest absolute Gasteiger partial charge is 0.361 e. The molecular formula is C15H19N3O2. The monoisotopic (exact) mass is 273 g/mol. The molecule has 2 aromatic heterocycles. The number of hydrogen-bond acceptors (Lipinski definition) is 4. The molecule has 5 heteroatoms. The van der Waals surface area contributed by atoms with Crippen LogP contribution in [-0.4, -0.2) is 28.0 Å². The first-order valence-electron chi connectivity index (χ1n) is 6.59. The number of aryl methyl sites for hydroxylation is 2. The van der Waals surface area contributed by atoms with E-state index >= 15 is 0 Å². The molecule has 0 aliphatic carbocycles. The van der Waals surface area contributed by atoms with Crippen LogP contribution < -0.4 is 0 Å². The lowest BCUT2D eigenvalue weighted by Crippen LogP contribution is -2.31. The Balaban J connectivity index is 2.09. The normalized spacial score (nSPS) is 12.2. The van der Waals surface area contributed by atoms with Crippen molar-refractivity contribution in [1.29, 1.82) is 0 Å². The number of likely N-dealkylation sites (N-methyl/N-ethyl adjacent to an activating group) is 1. The van der Waals surface area contributed by atoms with Crippen molar-refractivity contribution < 1.29 is 9.32 Å². The van der Waals surface area contributed by atoms with Gasteiger partial charge in [0.05, 0.1) is 23.9 Å². The standard InChI is InChI=1S/C15H19N3O2/c1-10-13(12(3)20-17-10)9-15(19)18(4)11(2)14-7-5-6-8-16-14/h5-8,11H,9H2,1-4H3/t11-/m1/s1. The highest BCUT2D eigenvalue weighted by atomic mass is 16.5. The van der Waals surface area contributed by atoms with Crippen molar-refractivity contribution in [2.24, 2.45) is 0 Å². The number of carbonyl (C=O) groups is 1. The first-order valence-corrected chi connectivity index (χ1v) is 6.59. The van der Waals surface area contributed by atoms with Crippen LogP contribution in [0.25, 0.3) is 0 Å². The third-order valence-corrected chi connectivity index (χ3v) is 3.60. The van der Waals surface area contributed by atoms with E-state index in [2.05, 4.69) is 10.1 Å². The molecule has 20 heavy (non-hydrogen) atoms. The zero-order valence-corrected chi connectivity index (χ0v) is 12.3. The van der Waals surface area contributed by atoms with Gasteiger partial charge in [-0.15, -0.1) is 0 Å². The molecule has 1 atom stereocenters. The summed E-state index contributed by atoms with van der Waals surface area (Å²) < 4.78 is 5.09. The van der Waals surface area contributed by atoms with Crippen LogP contribution in [0.4, 0.5) is 0 Å². The lowest BCUT2D eigenvalue weighted by Gasteiger charge is -2.24. The third kappa shape index (κ3) is 2.87. The van der Waals surface area contributed by atoms with E-state index in [1.807, 2.05) is 39.0 Å². The summed E-state index contributed by atoms with van der Waals surface area (Å²) in [4.78, 5) is 18.4. The Morgan fingerprint density at radius 2 is 2.15 bits per heavy atom. The summed E-state index contributed by atoms with van der Waals surface area (Å²) in [6, 6.07) is 5.64. The molecule has 0 aliphatic rings. The van der Waals surface area contributed by atoms with E-state index in [0.29, 0.717) is 12.2 Å². The van der Waals surface area contributed by atoms with Gasteiger partial charge in [0.2, 0.25) is 5.91 Å². The van der Waals surface area contributed by atoms with Crippen molar-refractivity contribution >= 4 is 5.91 Å². The number of aromatic nitrogens is 2. The van der Waals surface area contributed by atoms with Gasteiger partial charge in [0, 0.05) is 18.8 Å². The molecule has 0 radical (unpaired) electrons. The average molecular weight is 273 g/mol. The predicted octanol–water partition coefficient (Wildman–Crippen LogP) is 2.45. The van der Waals surface area contributed by atoms with Crippen LogP contribution >= 0.6 is 0 Å². The maximum Gasteiger partial charge on any atom is 0.227 e. The van der Waals surface area contributed by atoms with Crippen molar-refractivity contribution in [3.8, 4) is 0 Å². The van der Waals surface area contributed by atoms with Crippen molar-refractivity contribution in [2.75, 3.05) is 7.05 Å². The number of nitrogens with zero attached hydrogens (tertiary/aromatic N) is 3. The molecule has 0 aliphatic heterocycles. The fourth-order valence-electron chi connectivity index (χ4n) is 2.07. The van der Waals surface area contributed by atoms with E-state index in [0.717, 1.165) is 17.0 Å². The van der Waals surface area contributed by atoms with Gasteiger partial charge < -0.3 is 9.42 Å². The lowest BCUT2D eigenvalue weighted by atomic mass is 10.1. The molecule has 1 amide bonds. The van der Waals surface area contributed by atoms with Crippen LogP contribution in [0, 0.1) is 13.8 Å². The molecule has 0 unspecified atom stereocenters. The zero-order valence-electron chi connectivity index (χ0n) is 12.3. The van der Waals surface area contributed by atoms with Crippen LogP contribution in [0.1, 0.15) is 35.7 Å². The van der Waals surface area contributed by atoms with Crippen LogP contribution in [0.15, 0.2) is 28.9 Å². The molecule has 0 spiro atoms. The molecule has 0 saturated heterocycles. The van der Waals surface area contributed by atoms with E-state index in [1.165, 1.54) is 0 Å². The van der Waals surface area contributed by atoms with Gasteiger partial charge in [-0.3, -0.25) is 9.78 Å². The van der Waals surface area contributed by atoms with E-state index < -0.39 is 0 Å². The number of amides is 1. The fraction of sp³-hybridized carbons (Fsp3) is 0.400. The van der Waals surface area contributed by atoms with Gasteiger partial charge in [-0.25, -0.2) is 0 Å². The second kappa shape index (κ2) is 5.86. The summed E-state index contributed by atoms with van der Waals surface area (Å²) in [7, 11) is 1.79. The summed E-state index contributed by atoms with van der Waals surface area (Å²) in [5, 5.41) is 3.87. The van der Waals surface area contributed by atoms with Gasteiger partial charge in [-0.1, -0.05) is 11.2 Å². The van der Waals surface area contributed by atoms with Crippen molar-refractivity contribution in [1.82, 2.24) is 15.0 Å². The second-order valence-electron chi connectivity index (χ2n) is 4.91. The Bertz CT molecular complexity index is 573. The topological polar surface area (TPSA) is 59.2 Å². The highest BCUT2D eigenvalue weighted by molar-refractivity contribution is 5.79.